The molecule has 1 atom stereocenters. The van der Waals surface area contributed by atoms with Crippen molar-refractivity contribution in [3.05, 3.63) is 71.0 Å². The van der Waals surface area contributed by atoms with Gasteiger partial charge in [0.2, 0.25) is 5.91 Å². The van der Waals surface area contributed by atoms with Gasteiger partial charge < -0.3 is 15.1 Å². The third-order valence-electron chi connectivity index (χ3n) is 6.90. The number of carbonyl (C=O) groups is 3. The van der Waals surface area contributed by atoms with Crippen molar-refractivity contribution in [2.75, 3.05) is 26.2 Å². The fourth-order valence-corrected chi connectivity index (χ4v) is 4.86. The largest absolute Gasteiger partial charge is 0.341 e. The van der Waals surface area contributed by atoms with E-state index in [0.29, 0.717) is 50.1 Å². The van der Waals surface area contributed by atoms with Crippen LogP contribution in [0.2, 0.25) is 0 Å². The van der Waals surface area contributed by atoms with Gasteiger partial charge in [0.1, 0.15) is 11.9 Å². The van der Waals surface area contributed by atoms with Crippen molar-refractivity contribution in [1.82, 2.24) is 15.1 Å². The Morgan fingerprint density at radius 3 is 2.21 bits per heavy atom. The van der Waals surface area contributed by atoms with Crippen LogP contribution in [0.5, 0.6) is 0 Å². The third kappa shape index (κ3) is 5.64. The van der Waals surface area contributed by atoms with Crippen LogP contribution in [0.15, 0.2) is 48.5 Å². The van der Waals surface area contributed by atoms with Crippen molar-refractivity contribution in [2.45, 2.75) is 45.1 Å². The number of hydrogen-bond donors (Lipinski definition) is 1. The van der Waals surface area contributed by atoms with Gasteiger partial charge in [-0.1, -0.05) is 23.8 Å². The minimum absolute atomic E-state index is 0.0323. The molecule has 7 heteroatoms. The Hall–Kier alpha value is -3.22. The maximum absolute atomic E-state index is 13.6. The number of benzene rings is 2. The molecule has 0 spiro atoms. The molecule has 2 fully saturated rings. The molecule has 34 heavy (non-hydrogen) atoms. The maximum atomic E-state index is 13.6. The van der Waals surface area contributed by atoms with E-state index in [1.807, 2.05) is 24.0 Å². The van der Waals surface area contributed by atoms with Crippen LogP contribution in [0.4, 0.5) is 4.39 Å². The Morgan fingerprint density at radius 1 is 0.882 bits per heavy atom. The predicted molar refractivity (Wildman–Crippen MR) is 128 cm³/mol. The smallest absolute Gasteiger partial charge is 0.253 e. The molecule has 2 aliphatic heterocycles. The van der Waals surface area contributed by atoms with Crippen molar-refractivity contribution >= 4 is 17.7 Å². The summed E-state index contributed by atoms with van der Waals surface area (Å²) in [5.41, 5.74) is 1.92. The lowest BCUT2D eigenvalue weighted by Gasteiger charge is -2.38. The Bertz CT molecular complexity index is 1030. The molecule has 0 unspecified atom stereocenters. The van der Waals surface area contributed by atoms with E-state index >= 15 is 0 Å². The molecule has 2 heterocycles. The van der Waals surface area contributed by atoms with E-state index in [9.17, 15) is 18.8 Å². The van der Waals surface area contributed by atoms with E-state index in [1.54, 1.807) is 23.1 Å². The molecule has 0 aliphatic carbocycles. The summed E-state index contributed by atoms with van der Waals surface area (Å²) in [7, 11) is 0. The topological polar surface area (TPSA) is 69.7 Å². The van der Waals surface area contributed by atoms with Crippen LogP contribution in [0.1, 0.15) is 58.4 Å². The van der Waals surface area contributed by atoms with Crippen LogP contribution in [0.25, 0.3) is 0 Å². The first-order valence-electron chi connectivity index (χ1n) is 12.1. The molecule has 4 rings (SSSR count). The minimum Gasteiger partial charge on any atom is -0.341 e. The van der Waals surface area contributed by atoms with Crippen molar-refractivity contribution < 1.29 is 18.8 Å². The first-order chi connectivity index (χ1) is 16.4. The second-order valence-corrected chi connectivity index (χ2v) is 9.34. The zero-order chi connectivity index (χ0) is 24.1. The number of nitrogens with one attached hydrogen (secondary N) is 1. The second kappa shape index (κ2) is 10.8. The summed E-state index contributed by atoms with van der Waals surface area (Å²) in [4.78, 5) is 42.9. The molecule has 2 aromatic rings. The lowest BCUT2D eigenvalue weighted by molar-refractivity contribution is -0.136. The first-order valence-corrected chi connectivity index (χ1v) is 12.1. The Labute approximate surface area is 200 Å². The Kier molecular flexibility index (Phi) is 7.60. The normalized spacial score (nSPS) is 17.8. The van der Waals surface area contributed by atoms with E-state index in [-0.39, 0.29) is 23.6 Å². The lowest BCUT2D eigenvalue weighted by atomic mass is 9.87. The van der Waals surface area contributed by atoms with Crippen LogP contribution < -0.4 is 5.32 Å². The molecule has 0 radical (unpaired) electrons. The van der Waals surface area contributed by atoms with E-state index in [1.165, 1.54) is 18.2 Å². The molecule has 0 saturated carbocycles. The average Bonchev–Trinajstić information content (AvgIpc) is 2.87. The van der Waals surface area contributed by atoms with E-state index < -0.39 is 11.9 Å². The lowest BCUT2D eigenvalue weighted by Crippen LogP contribution is -2.55. The maximum Gasteiger partial charge on any atom is 0.253 e. The molecule has 6 nitrogen and oxygen atoms in total. The van der Waals surface area contributed by atoms with Crippen LogP contribution in [0.3, 0.4) is 0 Å². The van der Waals surface area contributed by atoms with Gasteiger partial charge >= 0.3 is 0 Å². The molecule has 180 valence electrons. The molecular formula is C27H32FN3O3. The number of likely N-dealkylation sites (tertiary alicyclic amines) is 2. The number of amides is 3. The fourth-order valence-electron chi connectivity index (χ4n) is 4.86. The predicted octanol–water partition coefficient (Wildman–Crippen LogP) is 3.80. The molecule has 0 bridgehead atoms. The highest BCUT2D eigenvalue weighted by Crippen LogP contribution is 2.25. The van der Waals surface area contributed by atoms with Gasteiger partial charge in [-0.05, 0) is 75.3 Å². The second-order valence-electron chi connectivity index (χ2n) is 9.34. The minimum atomic E-state index is -0.627. The molecule has 1 N–H and O–H groups in total. The SMILES string of the molecule is Cc1ccc(C(=O)N[C@H](C(=O)N2CCCCC2)C2CCN(C(=O)c3cccc(F)c3)CC2)cc1. The molecule has 2 aliphatic rings. The number of hydrogen-bond acceptors (Lipinski definition) is 3. The van der Waals surface area contributed by atoms with Gasteiger partial charge in [-0.2, -0.15) is 0 Å². The zero-order valence-electron chi connectivity index (χ0n) is 19.6. The highest BCUT2D eigenvalue weighted by molar-refractivity contribution is 5.98. The third-order valence-corrected chi connectivity index (χ3v) is 6.90. The zero-order valence-corrected chi connectivity index (χ0v) is 19.6. The van der Waals surface area contributed by atoms with Crippen molar-refractivity contribution in [1.29, 1.82) is 0 Å². The summed E-state index contributed by atoms with van der Waals surface area (Å²) in [6, 6.07) is 12.4. The number of nitrogens with zero attached hydrogens (tertiary/aromatic N) is 2. The van der Waals surface area contributed by atoms with Gasteiger partial charge in [-0.15, -0.1) is 0 Å². The van der Waals surface area contributed by atoms with E-state index in [4.69, 9.17) is 0 Å². The molecule has 2 aromatic carbocycles. The van der Waals surface area contributed by atoms with Crippen LogP contribution >= 0.6 is 0 Å². The summed E-state index contributed by atoms with van der Waals surface area (Å²) in [5, 5.41) is 3.02. The van der Waals surface area contributed by atoms with Gasteiger partial charge in [-0.25, -0.2) is 4.39 Å². The van der Waals surface area contributed by atoms with Crippen molar-refractivity contribution in [3.8, 4) is 0 Å². The monoisotopic (exact) mass is 465 g/mol. The summed E-state index contributed by atoms with van der Waals surface area (Å²) < 4.78 is 13.6. The highest BCUT2D eigenvalue weighted by atomic mass is 19.1. The van der Waals surface area contributed by atoms with Crippen LogP contribution in [-0.2, 0) is 4.79 Å². The quantitative estimate of drug-likeness (QED) is 0.730. The summed E-state index contributed by atoms with van der Waals surface area (Å²) in [5.74, 6) is -1.00. The molecule has 0 aromatic heterocycles. The summed E-state index contributed by atoms with van der Waals surface area (Å²) >= 11 is 0. The highest BCUT2D eigenvalue weighted by Gasteiger charge is 2.36. The average molecular weight is 466 g/mol. The van der Waals surface area contributed by atoms with Gasteiger partial charge in [0.05, 0.1) is 0 Å². The summed E-state index contributed by atoms with van der Waals surface area (Å²) in [6.07, 6.45) is 4.26. The van der Waals surface area contributed by atoms with Gasteiger partial charge in [-0.3, -0.25) is 14.4 Å². The van der Waals surface area contributed by atoms with Gasteiger partial charge in [0, 0.05) is 37.3 Å². The molecule has 3 amide bonds. The van der Waals surface area contributed by atoms with Crippen molar-refractivity contribution in [2.24, 2.45) is 5.92 Å². The standard InChI is InChI=1S/C27H32FN3O3/c1-19-8-10-21(11-9-19)25(32)29-24(27(34)30-14-3-2-4-15-30)20-12-16-31(17-13-20)26(33)22-6-5-7-23(28)18-22/h5-11,18,20,24H,2-4,12-17H2,1H3,(H,29,32)/t24-/m0/s1. The number of rotatable bonds is 5. The molecule has 2 saturated heterocycles. The van der Waals surface area contributed by atoms with Crippen LogP contribution in [-0.4, -0.2) is 59.7 Å². The van der Waals surface area contributed by atoms with Gasteiger partial charge in [0.25, 0.3) is 11.8 Å². The number of halogens is 1. The number of piperidine rings is 2. The first kappa shape index (κ1) is 23.9. The molecular weight excluding hydrogens is 433 g/mol. The number of carbonyl (C=O) groups excluding carboxylic acids is 3. The van der Waals surface area contributed by atoms with Crippen LogP contribution in [0, 0.1) is 18.7 Å². The summed E-state index contributed by atoms with van der Waals surface area (Å²) in [6.45, 7) is 4.32. The Balaban J connectivity index is 1.46. The Morgan fingerprint density at radius 2 is 1.56 bits per heavy atom. The van der Waals surface area contributed by atoms with E-state index in [2.05, 4.69) is 5.32 Å². The number of aryl methyl sites for hydroxylation is 1. The van der Waals surface area contributed by atoms with E-state index in [0.717, 1.165) is 24.8 Å². The fraction of sp³-hybridized carbons (Fsp3) is 0.444. The van der Waals surface area contributed by atoms with Crippen molar-refractivity contribution in [3.63, 3.8) is 0 Å². The van der Waals surface area contributed by atoms with Gasteiger partial charge in [0.15, 0.2) is 0 Å².